The van der Waals surface area contributed by atoms with Crippen LogP contribution >= 0.6 is 44.7 Å². The lowest BCUT2D eigenvalue weighted by Crippen LogP contribution is -2.42. The van der Waals surface area contributed by atoms with Gasteiger partial charge in [-0.3, -0.25) is 0 Å². The Labute approximate surface area is 163 Å². The summed E-state index contributed by atoms with van der Waals surface area (Å²) in [6, 6.07) is 0. The summed E-state index contributed by atoms with van der Waals surface area (Å²) in [6.45, 7) is 19.3. The molecule has 22 heavy (non-hydrogen) atoms. The van der Waals surface area contributed by atoms with E-state index in [2.05, 4.69) is 79.6 Å². The van der Waals surface area contributed by atoms with E-state index < -0.39 is 11.0 Å². The lowest BCUT2D eigenvalue weighted by molar-refractivity contribution is 0.344. The fourth-order valence-electron chi connectivity index (χ4n) is 2.29. The van der Waals surface area contributed by atoms with Gasteiger partial charge in [0.25, 0.3) is 0 Å². The van der Waals surface area contributed by atoms with Crippen molar-refractivity contribution < 1.29 is 0 Å². The SMILES string of the molecule is CCN(CC)[P+](Cl)(N(CC)CC)N(CC)CC.S=P([S-])(Cl)Cl. The van der Waals surface area contributed by atoms with Gasteiger partial charge in [-0.2, -0.15) is 0 Å². The van der Waals surface area contributed by atoms with E-state index in [1.165, 1.54) is 0 Å². The number of halogens is 3. The Morgan fingerprint density at radius 1 is 0.773 bits per heavy atom. The van der Waals surface area contributed by atoms with Crippen LogP contribution < -0.4 is 0 Å². The van der Waals surface area contributed by atoms with E-state index in [0.29, 0.717) is 0 Å². The highest BCUT2D eigenvalue weighted by Gasteiger charge is 2.53. The van der Waals surface area contributed by atoms with Gasteiger partial charge in [-0.25, -0.2) is 0 Å². The normalized spacial score (nSPS) is 12.8. The maximum atomic E-state index is 7.13. The van der Waals surface area contributed by atoms with E-state index in [-0.39, 0.29) is 0 Å². The van der Waals surface area contributed by atoms with Gasteiger partial charge >= 0.3 is 7.07 Å². The minimum absolute atomic E-state index is 1.01. The Hall–Kier alpha value is 2.18. The summed E-state index contributed by atoms with van der Waals surface area (Å²) >= 11 is 25.8. The van der Waals surface area contributed by atoms with Crippen molar-refractivity contribution in [2.24, 2.45) is 0 Å². The van der Waals surface area contributed by atoms with Crippen molar-refractivity contribution in [1.29, 1.82) is 0 Å². The van der Waals surface area contributed by atoms with Gasteiger partial charge in [-0.05, 0) is 45.5 Å². The molecule has 0 atom stereocenters. The highest BCUT2D eigenvalue weighted by Crippen LogP contribution is 2.71. The summed E-state index contributed by atoms with van der Waals surface area (Å²) in [5, 5.41) is 0. The number of hydrogen-bond acceptors (Lipinski definition) is 5. The van der Waals surface area contributed by atoms with Crippen LogP contribution in [0, 0.1) is 0 Å². The molecule has 0 amide bonds. The number of rotatable bonds is 9. The number of hydrogen-bond donors (Lipinski definition) is 0. The molecule has 0 radical (unpaired) electrons. The monoisotopic (exact) mass is 447 g/mol. The van der Waals surface area contributed by atoms with Crippen LogP contribution in [-0.2, 0) is 24.1 Å². The minimum Gasteiger partial charge on any atom is -0.716 e. The maximum absolute atomic E-state index is 7.13. The van der Waals surface area contributed by atoms with E-state index in [9.17, 15) is 0 Å². The first kappa shape index (κ1) is 26.4. The third kappa shape index (κ3) is 9.61. The zero-order valence-electron chi connectivity index (χ0n) is 14.4. The van der Waals surface area contributed by atoms with Crippen molar-refractivity contribution in [2.45, 2.75) is 41.5 Å². The van der Waals surface area contributed by atoms with Crippen LogP contribution in [-0.4, -0.2) is 53.3 Å². The molecule has 136 valence electrons. The quantitative estimate of drug-likeness (QED) is 0.307. The minimum atomic E-state index is -2.28. The van der Waals surface area contributed by atoms with Crippen LogP contribution in [0.4, 0.5) is 0 Å². The van der Waals surface area contributed by atoms with Gasteiger partial charge in [0, 0.05) is 39.3 Å². The van der Waals surface area contributed by atoms with Crippen LogP contribution in [0.15, 0.2) is 0 Å². The summed E-state index contributed by atoms with van der Waals surface area (Å²) < 4.78 is 5.04. The van der Waals surface area contributed by atoms with E-state index >= 15 is 0 Å². The smallest absolute Gasteiger partial charge is 0.331 e. The largest absolute Gasteiger partial charge is 0.716 e. The van der Waals surface area contributed by atoms with E-state index in [0.717, 1.165) is 39.3 Å². The third-order valence-corrected chi connectivity index (χ3v) is 9.05. The molecular formula is C12H30Cl3N3P2S2. The summed E-state index contributed by atoms with van der Waals surface area (Å²) in [5.74, 6) is 0. The van der Waals surface area contributed by atoms with Gasteiger partial charge in [0.2, 0.25) is 0 Å². The Bertz CT molecular complexity index is 283. The molecule has 0 aliphatic heterocycles. The second-order valence-electron chi connectivity index (χ2n) is 4.33. The zero-order chi connectivity index (χ0) is 18.0. The summed E-state index contributed by atoms with van der Waals surface area (Å²) in [6.07, 6.45) is 0. The lowest BCUT2D eigenvalue weighted by Gasteiger charge is -2.40. The van der Waals surface area contributed by atoms with Crippen molar-refractivity contribution >= 4 is 68.8 Å². The third-order valence-electron chi connectivity index (χ3n) is 3.27. The van der Waals surface area contributed by atoms with Crippen molar-refractivity contribution in [3.8, 4) is 0 Å². The van der Waals surface area contributed by atoms with Crippen LogP contribution in [0.2, 0.25) is 0 Å². The van der Waals surface area contributed by atoms with Crippen LogP contribution in [0.1, 0.15) is 41.5 Å². The predicted molar refractivity (Wildman–Crippen MR) is 115 cm³/mol. The molecule has 0 aromatic carbocycles. The molecule has 0 unspecified atom stereocenters. The van der Waals surface area contributed by atoms with Crippen LogP contribution in [0.5, 0.6) is 0 Å². The highest BCUT2D eigenvalue weighted by molar-refractivity contribution is 8.72. The Morgan fingerprint density at radius 3 is 1.00 bits per heavy atom. The van der Waals surface area contributed by atoms with Crippen molar-refractivity contribution in [3.63, 3.8) is 0 Å². The predicted octanol–water partition coefficient (Wildman–Crippen LogP) is 6.16. The van der Waals surface area contributed by atoms with Crippen molar-refractivity contribution in [1.82, 2.24) is 14.0 Å². The highest BCUT2D eigenvalue weighted by atomic mass is 35.9. The fourth-order valence-corrected chi connectivity index (χ4v) is 7.44. The van der Waals surface area contributed by atoms with Gasteiger partial charge in [0.05, 0.1) is 0 Å². The molecule has 0 rings (SSSR count). The maximum Gasteiger partial charge on any atom is 0.331 e. The molecule has 0 aromatic rings. The van der Waals surface area contributed by atoms with Gasteiger partial charge in [0.15, 0.2) is 11.2 Å². The summed E-state index contributed by atoms with van der Waals surface area (Å²) in [7, 11) is -1.83. The van der Waals surface area contributed by atoms with Gasteiger partial charge in [0.1, 0.15) is 0 Å². The van der Waals surface area contributed by atoms with Gasteiger partial charge in [-0.15, -0.1) is 14.0 Å². The molecular weight excluding hydrogens is 419 g/mol. The standard InChI is InChI=1S/C12H30ClN3P.Cl2HPS2/c1-7-14(8-2)17(13,15(9-3)10-4)16(11-5)12-6;1-3(2,4)5/h7-12H2,1-6H3;(H,4,5)/q+1;/p-1. The van der Waals surface area contributed by atoms with Crippen molar-refractivity contribution in [3.05, 3.63) is 0 Å². The molecule has 0 saturated carbocycles. The molecule has 10 heteroatoms. The average Bonchev–Trinajstić information content (AvgIpc) is 2.40. The molecule has 0 spiro atoms. The summed E-state index contributed by atoms with van der Waals surface area (Å²) in [5.41, 5.74) is 0. The molecule has 0 bridgehead atoms. The summed E-state index contributed by atoms with van der Waals surface area (Å²) in [4.78, 5) is 0. The Kier molecular flexibility index (Phi) is 16.1. The molecule has 0 heterocycles. The second kappa shape index (κ2) is 13.4. The molecule has 0 aliphatic carbocycles. The first-order valence-electron chi connectivity index (χ1n) is 7.61. The van der Waals surface area contributed by atoms with E-state index in [1.807, 2.05) is 0 Å². The molecule has 0 saturated heterocycles. The first-order chi connectivity index (χ1) is 10.1. The molecule has 3 nitrogen and oxygen atoms in total. The molecule has 0 N–H and O–H groups in total. The molecule has 0 aromatic heterocycles. The Morgan fingerprint density at radius 2 is 0.909 bits per heavy atom. The fraction of sp³-hybridized carbons (Fsp3) is 1.00. The lowest BCUT2D eigenvalue weighted by atomic mass is 10.7. The van der Waals surface area contributed by atoms with Gasteiger partial charge < -0.3 is 12.2 Å². The van der Waals surface area contributed by atoms with E-state index in [4.69, 9.17) is 33.7 Å². The second-order valence-corrected chi connectivity index (χ2v) is 19.1. The van der Waals surface area contributed by atoms with Crippen LogP contribution in [0.3, 0.4) is 0 Å². The van der Waals surface area contributed by atoms with Crippen LogP contribution in [0.25, 0.3) is 0 Å². The molecule has 0 fully saturated rings. The average molecular weight is 449 g/mol. The van der Waals surface area contributed by atoms with Gasteiger partial charge in [-0.1, -0.05) is 34.3 Å². The zero-order valence-corrected chi connectivity index (χ0v) is 20.1. The van der Waals surface area contributed by atoms with E-state index in [1.54, 1.807) is 0 Å². The molecule has 0 aliphatic rings. The topological polar surface area (TPSA) is 9.72 Å². The van der Waals surface area contributed by atoms with Crippen molar-refractivity contribution in [2.75, 3.05) is 39.3 Å². The first-order valence-corrected chi connectivity index (χ1v) is 15.8. The Balaban J connectivity index is 0. The number of nitrogens with zero attached hydrogens (tertiary/aromatic N) is 3.